The Morgan fingerprint density at radius 3 is 2.58 bits per heavy atom. The maximum absolute atomic E-state index is 13.6. The van der Waals surface area contributed by atoms with E-state index < -0.39 is 18.0 Å². The number of nitrogens with one attached hydrogen (secondary N) is 1. The minimum Gasteiger partial charge on any atom is -0.495 e. The number of hydrogen-bond donors (Lipinski definition) is 1. The van der Waals surface area contributed by atoms with Crippen LogP contribution in [-0.4, -0.2) is 38.2 Å². The molecule has 1 saturated carbocycles. The molecular weight excluding hydrogens is 516 g/mol. The summed E-state index contributed by atoms with van der Waals surface area (Å²) >= 11 is 5.89. The fraction of sp³-hybridized carbons (Fsp3) is 0.333. The van der Waals surface area contributed by atoms with Gasteiger partial charge in [0.25, 0.3) is 12.3 Å². The molecule has 0 saturated heterocycles. The molecule has 0 unspecified atom stereocenters. The van der Waals surface area contributed by atoms with Crippen LogP contribution in [0.5, 0.6) is 5.75 Å². The molecule has 0 aliphatic heterocycles. The lowest BCUT2D eigenvalue weighted by Crippen LogP contribution is -2.39. The Morgan fingerprint density at radius 2 is 1.87 bits per heavy atom. The van der Waals surface area contributed by atoms with E-state index in [0.29, 0.717) is 30.8 Å². The Morgan fingerprint density at radius 1 is 1.13 bits per heavy atom. The van der Waals surface area contributed by atoms with Crippen LogP contribution >= 0.6 is 11.6 Å². The van der Waals surface area contributed by atoms with Gasteiger partial charge in [0.2, 0.25) is 0 Å². The van der Waals surface area contributed by atoms with Gasteiger partial charge in [-0.1, -0.05) is 23.7 Å². The zero-order chi connectivity index (χ0) is 26.8. The number of hydrogen-bond acceptors (Lipinski definition) is 5. The zero-order valence-electron chi connectivity index (χ0n) is 20.6. The molecule has 1 aliphatic carbocycles. The number of benzene rings is 1. The van der Waals surface area contributed by atoms with E-state index in [-0.39, 0.29) is 28.2 Å². The standard InChI is InChI=1S/C27H26ClF2N5O3/c1-38-20-11-19(13-31-14-20)35-23-5-3-2-4-22(23)34(27(35)37)15-16-6-8-18(9-7-16)33-26(36)21-10-17(28)12-32-24(21)25(29)30/h2-5,10-14,16,18,25H,6-9,15H2,1H3,(H,33,36). The highest BCUT2D eigenvalue weighted by Crippen LogP contribution is 2.29. The number of halogens is 3. The second-order valence-corrected chi connectivity index (χ2v) is 9.81. The van der Waals surface area contributed by atoms with Gasteiger partial charge in [0, 0.05) is 24.8 Å². The van der Waals surface area contributed by atoms with Crippen molar-refractivity contribution in [2.45, 2.75) is 44.7 Å². The number of carbonyl (C=O) groups excluding carboxylic acids is 1. The molecule has 0 radical (unpaired) electrons. The molecule has 11 heteroatoms. The molecule has 8 nitrogen and oxygen atoms in total. The Hall–Kier alpha value is -3.79. The average Bonchev–Trinajstić information content (AvgIpc) is 3.20. The molecule has 1 aliphatic rings. The molecule has 38 heavy (non-hydrogen) atoms. The van der Waals surface area contributed by atoms with Crippen molar-refractivity contribution in [2.24, 2.45) is 5.92 Å². The van der Waals surface area contributed by atoms with Gasteiger partial charge in [-0.25, -0.2) is 13.6 Å². The lowest BCUT2D eigenvalue weighted by molar-refractivity contribution is 0.0904. The fourth-order valence-electron chi connectivity index (χ4n) is 5.09. The van der Waals surface area contributed by atoms with E-state index in [1.807, 2.05) is 24.3 Å². The van der Waals surface area contributed by atoms with E-state index in [1.165, 1.54) is 6.07 Å². The third-order valence-electron chi connectivity index (χ3n) is 6.99. The van der Waals surface area contributed by atoms with Gasteiger partial charge in [-0.2, -0.15) is 0 Å². The van der Waals surface area contributed by atoms with Crippen molar-refractivity contribution in [3.63, 3.8) is 0 Å². The summed E-state index contributed by atoms with van der Waals surface area (Å²) in [6, 6.07) is 10.4. The number of rotatable bonds is 7. The predicted octanol–water partition coefficient (Wildman–Crippen LogP) is 5.17. The largest absolute Gasteiger partial charge is 0.495 e. The zero-order valence-corrected chi connectivity index (χ0v) is 21.4. The first-order chi connectivity index (χ1) is 18.4. The van der Waals surface area contributed by atoms with E-state index in [1.54, 1.807) is 34.7 Å². The summed E-state index contributed by atoms with van der Waals surface area (Å²) in [7, 11) is 1.55. The van der Waals surface area contributed by atoms with Crippen molar-refractivity contribution in [3.05, 3.63) is 81.8 Å². The number of para-hydroxylation sites is 2. The fourth-order valence-corrected chi connectivity index (χ4v) is 5.25. The Bertz CT molecular complexity index is 1530. The number of ether oxygens (including phenoxy) is 1. The van der Waals surface area contributed by atoms with Gasteiger partial charge in [0.15, 0.2) is 0 Å². The number of amides is 1. The van der Waals surface area contributed by atoms with Crippen LogP contribution < -0.4 is 15.7 Å². The first-order valence-corrected chi connectivity index (χ1v) is 12.7. The summed E-state index contributed by atoms with van der Waals surface area (Å²) in [6.45, 7) is 0.526. The van der Waals surface area contributed by atoms with Gasteiger partial charge in [-0.15, -0.1) is 0 Å². The molecule has 1 fully saturated rings. The minimum atomic E-state index is -2.88. The molecule has 0 spiro atoms. The predicted molar refractivity (Wildman–Crippen MR) is 139 cm³/mol. The van der Waals surface area contributed by atoms with Crippen molar-refractivity contribution in [1.82, 2.24) is 24.4 Å². The van der Waals surface area contributed by atoms with Gasteiger partial charge in [-0.05, 0) is 49.8 Å². The average molecular weight is 542 g/mol. The first kappa shape index (κ1) is 25.8. The van der Waals surface area contributed by atoms with E-state index >= 15 is 0 Å². The Kier molecular flexibility index (Phi) is 7.42. The van der Waals surface area contributed by atoms with Gasteiger partial charge in [0.05, 0.1) is 46.8 Å². The summed E-state index contributed by atoms with van der Waals surface area (Å²) < 4.78 is 35.3. The van der Waals surface area contributed by atoms with Crippen molar-refractivity contribution in [1.29, 1.82) is 0 Å². The summed E-state index contributed by atoms with van der Waals surface area (Å²) in [5, 5.41) is 2.98. The molecule has 1 aromatic carbocycles. The number of nitrogens with zero attached hydrogens (tertiary/aromatic N) is 4. The summed E-state index contributed by atoms with van der Waals surface area (Å²) in [5.41, 5.74) is 1.27. The van der Waals surface area contributed by atoms with Crippen molar-refractivity contribution in [3.8, 4) is 11.4 Å². The number of carbonyl (C=O) groups is 1. The van der Waals surface area contributed by atoms with E-state index in [4.69, 9.17) is 16.3 Å². The Labute approximate surface area is 222 Å². The molecule has 198 valence electrons. The topological polar surface area (TPSA) is 91.0 Å². The maximum Gasteiger partial charge on any atom is 0.333 e. The maximum atomic E-state index is 13.6. The highest BCUT2D eigenvalue weighted by atomic mass is 35.5. The monoisotopic (exact) mass is 541 g/mol. The SMILES string of the molecule is COc1cncc(-n2c(=O)n(CC3CCC(NC(=O)c4cc(Cl)cnc4C(F)F)CC3)c3ccccc32)c1. The van der Waals surface area contributed by atoms with Crippen LogP contribution in [0.25, 0.3) is 16.7 Å². The van der Waals surface area contributed by atoms with Crippen molar-refractivity contribution in [2.75, 3.05) is 7.11 Å². The first-order valence-electron chi connectivity index (χ1n) is 12.3. The third kappa shape index (κ3) is 5.13. The second-order valence-electron chi connectivity index (χ2n) is 9.38. The molecule has 0 bridgehead atoms. The third-order valence-corrected chi connectivity index (χ3v) is 7.19. The van der Waals surface area contributed by atoms with Gasteiger partial charge in [-0.3, -0.25) is 23.9 Å². The molecule has 1 amide bonds. The molecule has 3 heterocycles. The van der Waals surface area contributed by atoms with Crippen LogP contribution in [0.4, 0.5) is 8.78 Å². The summed E-state index contributed by atoms with van der Waals surface area (Å²) in [5.74, 6) is 0.166. The summed E-state index contributed by atoms with van der Waals surface area (Å²) in [6.07, 6.45) is 4.32. The van der Waals surface area contributed by atoms with Gasteiger partial charge in [0.1, 0.15) is 11.4 Å². The van der Waals surface area contributed by atoms with Gasteiger partial charge < -0.3 is 10.1 Å². The number of aromatic nitrogens is 4. The molecule has 4 aromatic rings. The second kappa shape index (κ2) is 10.9. The lowest BCUT2D eigenvalue weighted by atomic mass is 9.85. The van der Waals surface area contributed by atoms with Crippen LogP contribution in [-0.2, 0) is 6.54 Å². The van der Waals surface area contributed by atoms with E-state index in [2.05, 4.69) is 15.3 Å². The van der Waals surface area contributed by atoms with Crippen LogP contribution in [0.3, 0.4) is 0 Å². The van der Waals surface area contributed by atoms with Crippen molar-refractivity contribution < 1.29 is 18.3 Å². The molecule has 0 atom stereocenters. The number of alkyl halides is 2. The number of pyridine rings is 2. The van der Waals surface area contributed by atoms with Crippen molar-refractivity contribution >= 4 is 28.5 Å². The number of imidazole rings is 1. The quantitative estimate of drug-likeness (QED) is 0.348. The van der Waals surface area contributed by atoms with Crippen LogP contribution in [0.2, 0.25) is 5.02 Å². The normalized spacial score (nSPS) is 17.6. The van der Waals surface area contributed by atoms with Crippen LogP contribution in [0.15, 0.2) is 59.8 Å². The Balaban J connectivity index is 1.31. The highest BCUT2D eigenvalue weighted by Gasteiger charge is 2.27. The van der Waals surface area contributed by atoms with Crippen LogP contribution in [0, 0.1) is 5.92 Å². The highest BCUT2D eigenvalue weighted by molar-refractivity contribution is 6.30. The van der Waals surface area contributed by atoms with E-state index in [0.717, 1.165) is 30.1 Å². The molecule has 5 rings (SSSR count). The molecule has 1 N–H and O–H groups in total. The van der Waals surface area contributed by atoms with Gasteiger partial charge >= 0.3 is 5.69 Å². The summed E-state index contributed by atoms with van der Waals surface area (Å²) in [4.78, 5) is 34.1. The molecular formula is C27H26ClF2N5O3. The minimum absolute atomic E-state index is 0.123. The lowest BCUT2D eigenvalue weighted by Gasteiger charge is -2.29. The van der Waals surface area contributed by atoms with E-state index in [9.17, 15) is 18.4 Å². The number of methoxy groups -OCH3 is 1. The smallest absolute Gasteiger partial charge is 0.333 e. The number of fused-ring (bicyclic) bond motifs is 1. The molecule has 3 aromatic heterocycles. The van der Waals surface area contributed by atoms with Crippen LogP contribution in [0.1, 0.15) is 48.2 Å².